The van der Waals surface area contributed by atoms with Gasteiger partial charge in [-0.05, 0) is 71.8 Å². The molecule has 0 aliphatic rings. The van der Waals surface area contributed by atoms with Crippen molar-refractivity contribution in [3.63, 3.8) is 0 Å². The van der Waals surface area contributed by atoms with E-state index in [1.165, 1.54) is 4.90 Å². The summed E-state index contributed by atoms with van der Waals surface area (Å²) in [6.07, 6.45) is 1.26. The van der Waals surface area contributed by atoms with E-state index in [0.29, 0.717) is 34.3 Å². The van der Waals surface area contributed by atoms with Gasteiger partial charge >= 0.3 is 0 Å². The molecule has 0 bridgehead atoms. The lowest BCUT2D eigenvalue weighted by molar-refractivity contribution is -0.143. The third kappa shape index (κ3) is 7.03. The molecule has 2 amide bonds. The summed E-state index contributed by atoms with van der Waals surface area (Å²) in [5.74, 6) is 0.0659. The number of hydrogen-bond donors (Lipinski definition) is 1. The monoisotopic (exact) mass is 562 g/mol. The van der Waals surface area contributed by atoms with Gasteiger partial charge in [-0.3, -0.25) is 9.59 Å². The molecule has 0 unspecified atom stereocenters. The van der Waals surface area contributed by atoms with Gasteiger partial charge in [0.2, 0.25) is 5.91 Å². The van der Waals surface area contributed by atoms with Crippen molar-refractivity contribution < 1.29 is 14.3 Å². The van der Waals surface area contributed by atoms with Gasteiger partial charge in [-0.1, -0.05) is 43.1 Å². The summed E-state index contributed by atoms with van der Waals surface area (Å²) in [7, 11) is 0. The Morgan fingerprint density at radius 3 is 2.30 bits per heavy atom. The summed E-state index contributed by atoms with van der Waals surface area (Å²) in [5.41, 5.74) is 0.602. The maximum absolute atomic E-state index is 13.1. The molecule has 0 aliphatic carbocycles. The van der Waals surface area contributed by atoms with Crippen LogP contribution in [0.1, 0.15) is 32.3 Å². The lowest BCUT2D eigenvalue weighted by Crippen LogP contribution is -2.50. The predicted octanol–water partition coefficient (Wildman–Crippen LogP) is 5.31. The zero-order valence-electron chi connectivity index (χ0n) is 17.0. The molecule has 5 nitrogen and oxygen atoms in total. The van der Waals surface area contributed by atoms with Crippen molar-refractivity contribution in [2.24, 2.45) is 0 Å². The number of rotatable bonds is 10. The topological polar surface area (TPSA) is 58.6 Å². The third-order valence-corrected chi connectivity index (χ3v) is 5.93. The lowest BCUT2D eigenvalue weighted by atomic mass is 10.1. The van der Waals surface area contributed by atoms with Crippen LogP contribution in [0.25, 0.3) is 0 Å². The highest BCUT2D eigenvalue weighted by molar-refractivity contribution is 14.1. The zero-order chi connectivity index (χ0) is 22.1. The van der Waals surface area contributed by atoms with Crippen molar-refractivity contribution in [2.75, 3.05) is 13.2 Å². The number of ether oxygens (including phenoxy) is 1. The van der Waals surface area contributed by atoms with Gasteiger partial charge in [0.25, 0.3) is 5.91 Å². The van der Waals surface area contributed by atoms with E-state index in [2.05, 4.69) is 27.9 Å². The van der Waals surface area contributed by atoms with Crippen LogP contribution in [0, 0.1) is 3.57 Å². The second-order valence-electron chi connectivity index (χ2n) is 6.68. The second-order valence-corrected chi connectivity index (χ2v) is 8.74. The van der Waals surface area contributed by atoms with Crippen LogP contribution in [0.3, 0.4) is 0 Å². The lowest BCUT2D eigenvalue weighted by Gasteiger charge is -2.31. The summed E-state index contributed by atoms with van der Waals surface area (Å²) < 4.78 is 6.73. The summed E-state index contributed by atoms with van der Waals surface area (Å²) >= 11 is 14.8. The van der Waals surface area contributed by atoms with Crippen molar-refractivity contribution >= 4 is 57.6 Å². The smallest absolute Gasteiger partial charge is 0.261 e. The Hall–Kier alpha value is -1.51. The van der Waals surface area contributed by atoms with E-state index in [4.69, 9.17) is 27.9 Å². The van der Waals surface area contributed by atoms with Crippen LogP contribution >= 0.6 is 45.8 Å². The van der Waals surface area contributed by atoms with Gasteiger partial charge < -0.3 is 15.0 Å². The van der Waals surface area contributed by atoms with Crippen LogP contribution in [0.15, 0.2) is 42.5 Å². The molecule has 0 fully saturated rings. The fraction of sp³-hybridized carbons (Fsp3) is 0.364. The van der Waals surface area contributed by atoms with E-state index in [1.807, 2.05) is 26.0 Å². The number of halogens is 3. The Morgan fingerprint density at radius 2 is 1.73 bits per heavy atom. The molecule has 0 aromatic heterocycles. The minimum Gasteiger partial charge on any atom is -0.484 e. The molecule has 1 atom stereocenters. The highest BCUT2D eigenvalue weighted by Gasteiger charge is 2.29. The van der Waals surface area contributed by atoms with Gasteiger partial charge in [0.05, 0.1) is 0 Å². The van der Waals surface area contributed by atoms with Gasteiger partial charge in [0.15, 0.2) is 6.61 Å². The molecule has 162 valence electrons. The van der Waals surface area contributed by atoms with E-state index < -0.39 is 6.04 Å². The molecule has 0 spiro atoms. The van der Waals surface area contributed by atoms with Crippen LogP contribution in [-0.2, 0) is 16.1 Å². The average Bonchev–Trinajstić information content (AvgIpc) is 2.73. The maximum atomic E-state index is 13.1. The second kappa shape index (κ2) is 12.4. The number of nitrogens with one attached hydrogen (secondary N) is 1. The number of benzene rings is 2. The molecule has 0 saturated heterocycles. The minimum atomic E-state index is -0.656. The van der Waals surface area contributed by atoms with Crippen LogP contribution in [0.2, 0.25) is 10.0 Å². The first-order chi connectivity index (χ1) is 14.4. The van der Waals surface area contributed by atoms with Crippen molar-refractivity contribution in [3.8, 4) is 5.75 Å². The average molecular weight is 563 g/mol. The zero-order valence-corrected chi connectivity index (χ0v) is 20.6. The Kier molecular flexibility index (Phi) is 10.2. The van der Waals surface area contributed by atoms with Gasteiger partial charge in [0, 0.05) is 32.3 Å². The first-order valence-electron chi connectivity index (χ1n) is 9.75. The molecule has 0 aliphatic heterocycles. The molecule has 8 heteroatoms. The molecule has 2 rings (SSSR count). The molecular weight excluding hydrogens is 538 g/mol. The molecule has 2 aromatic carbocycles. The Balaban J connectivity index is 2.25. The van der Waals surface area contributed by atoms with E-state index in [-0.39, 0.29) is 25.0 Å². The fourth-order valence-corrected chi connectivity index (χ4v) is 3.77. The van der Waals surface area contributed by atoms with Crippen LogP contribution in [0.4, 0.5) is 0 Å². The summed E-state index contributed by atoms with van der Waals surface area (Å²) in [6, 6.07) is 11.9. The Labute approximate surface area is 201 Å². The van der Waals surface area contributed by atoms with Crippen LogP contribution in [-0.4, -0.2) is 35.9 Å². The number of nitrogens with zero attached hydrogens (tertiary/aromatic N) is 1. The normalized spacial score (nSPS) is 11.6. The molecule has 2 aromatic rings. The molecule has 1 N–H and O–H groups in total. The number of carbonyl (C=O) groups excluding carboxylic acids is 2. The molecule has 0 saturated carbocycles. The Morgan fingerprint density at radius 1 is 1.10 bits per heavy atom. The van der Waals surface area contributed by atoms with Crippen molar-refractivity contribution in [2.45, 2.75) is 39.3 Å². The first-order valence-corrected chi connectivity index (χ1v) is 11.6. The van der Waals surface area contributed by atoms with Gasteiger partial charge in [-0.15, -0.1) is 0 Å². The standard InChI is InChI=1S/C22H25Cl2IN2O3/c1-3-12-26-22(29)20(4-2)27(13-17-18(23)6-5-7-19(17)24)21(28)14-30-16-10-8-15(25)9-11-16/h5-11,20H,3-4,12-14H2,1-2H3,(H,26,29)/t20-/m1/s1. The molecular formula is C22H25Cl2IN2O3. The summed E-state index contributed by atoms with van der Waals surface area (Å²) in [5, 5.41) is 3.77. The largest absolute Gasteiger partial charge is 0.484 e. The van der Waals surface area contributed by atoms with Gasteiger partial charge in [0.1, 0.15) is 11.8 Å². The van der Waals surface area contributed by atoms with Gasteiger partial charge in [-0.2, -0.15) is 0 Å². The fourth-order valence-electron chi connectivity index (χ4n) is 2.90. The minimum absolute atomic E-state index is 0.117. The first kappa shape index (κ1) is 24.8. The van der Waals surface area contributed by atoms with E-state index in [9.17, 15) is 9.59 Å². The maximum Gasteiger partial charge on any atom is 0.261 e. The van der Waals surface area contributed by atoms with E-state index in [1.54, 1.807) is 30.3 Å². The SMILES string of the molecule is CCCNC(=O)[C@@H](CC)N(Cc1c(Cl)cccc1Cl)C(=O)COc1ccc(I)cc1. The van der Waals surface area contributed by atoms with Crippen LogP contribution in [0.5, 0.6) is 5.75 Å². The quantitative estimate of drug-likeness (QED) is 0.399. The Bertz CT molecular complexity index is 842. The molecule has 0 heterocycles. The highest BCUT2D eigenvalue weighted by atomic mass is 127. The molecule has 0 radical (unpaired) electrons. The number of carbonyl (C=O) groups is 2. The number of hydrogen-bond acceptors (Lipinski definition) is 3. The van der Waals surface area contributed by atoms with Crippen LogP contribution < -0.4 is 10.1 Å². The van der Waals surface area contributed by atoms with Gasteiger partial charge in [-0.25, -0.2) is 0 Å². The third-order valence-electron chi connectivity index (χ3n) is 4.50. The highest BCUT2D eigenvalue weighted by Crippen LogP contribution is 2.27. The predicted molar refractivity (Wildman–Crippen MR) is 129 cm³/mol. The van der Waals surface area contributed by atoms with E-state index in [0.717, 1.165) is 9.99 Å². The van der Waals surface area contributed by atoms with Crippen molar-refractivity contribution in [1.29, 1.82) is 0 Å². The summed E-state index contributed by atoms with van der Waals surface area (Å²) in [4.78, 5) is 27.4. The van der Waals surface area contributed by atoms with Crippen molar-refractivity contribution in [3.05, 3.63) is 61.6 Å². The van der Waals surface area contributed by atoms with E-state index >= 15 is 0 Å². The summed E-state index contributed by atoms with van der Waals surface area (Å²) in [6.45, 7) is 4.31. The molecule has 30 heavy (non-hydrogen) atoms. The number of amides is 2. The van der Waals surface area contributed by atoms with Crippen molar-refractivity contribution in [1.82, 2.24) is 10.2 Å².